The molecule has 1 aromatic rings. The van der Waals surface area contributed by atoms with Gasteiger partial charge in [0.1, 0.15) is 0 Å². The highest BCUT2D eigenvalue weighted by atomic mass is 32.1. The maximum atomic E-state index is 5.75. The Kier molecular flexibility index (Phi) is 6.50. The average Bonchev–Trinajstić information content (AvgIpc) is 2.92. The molecule has 0 spiro atoms. The molecule has 0 aliphatic carbocycles. The third-order valence-electron chi connectivity index (χ3n) is 3.71. The molecular formula is C20H25N3S. The number of anilines is 1. The summed E-state index contributed by atoms with van der Waals surface area (Å²) in [6, 6.07) is 0. The molecule has 0 bridgehead atoms. The monoisotopic (exact) mass is 339 g/mol. The van der Waals surface area contributed by atoms with Crippen LogP contribution in [0.5, 0.6) is 0 Å². The van der Waals surface area contributed by atoms with Crippen LogP contribution >= 0.6 is 11.3 Å². The first kappa shape index (κ1) is 18.1. The first-order valence-corrected chi connectivity index (χ1v) is 9.00. The minimum atomic E-state index is 0.597. The predicted molar refractivity (Wildman–Crippen MR) is 107 cm³/mol. The minimum absolute atomic E-state index is 0.597. The van der Waals surface area contributed by atoms with E-state index in [2.05, 4.69) is 68.1 Å². The molecule has 126 valence electrons. The number of thiazole rings is 1. The number of nitrogens with two attached hydrogens (primary N) is 1. The molecule has 3 nitrogen and oxygen atoms in total. The number of allylic oxidation sites excluding steroid dienone is 9. The van der Waals surface area contributed by atoms with Crippen LogP contribution in [0.2, 0.25) is 0 Å². The summed E-state index contributed by atoms with van der Waals surface area (Å²) in [5.74, 6) is 0. The molecule has 0 unspecified atom stereocenters. The van der Waals surface area contributed by atoms with Crippen LogP contribution in [0.1, 0.15) is 46.2 Å². The Labute approximate surface area is 148 Å². The zero-order valence-corrected chi connectivity index (χ0v) is 15.7. The molecule has 2 N–H and O–H groups in total. The second kappa shape index (κ2) is 8.60. The highest BCUT2D eigenvalue weighted by molar-refractivity contribution is 7.13. The second-order valence-corrected chi connectivity index (χ2v) is 6.95. The molecule has 2 rings (SSSR count). The third kappa shape index (κ3) is 5.17. The van der Waals surface area contributed by atoms with Gasteiger partial charge in [-0.25, -0.2) is 4.98 Å². The minimum Gasteiger partial charge on any atom is -0.375 e. The lowest BCUT2D eigenvalue weighted by Crippen LogP contribution is -1.89. The van der Waals surface area contributed by atoms with Crippen LogP contribution in [0, 0.1) is 0 Å². The number of aromatic nitrogens is 1. The van der Waals surface area contributed by atoms with Crippen LogP contribution in [0.25, 0.3) is 5.57 Å². The molecule has 0 fully saturated rings. The molecule has 0 saturated carbocycles. The Morgan fingerprint density at radius 2 is 2.04 bits per heavy atom. The van der Waals surface area contributed by atoms with Gasteiger partial charge in [0.2, 0.25) is 0 Å². The molecule has 4 heteroatoms. The molecule has 0 saturated heterocycles. The van der Waals surface area contributed by atoms with Crippen molar-refractivity contribution >= 4 is 28.3 Å². The van der Waals surface area contributed by atoms with Crippen molar-refractivity contribution in [2.75, 3.05) is 5.73 Å². The van der Waals surface area contributed by atoms with Crippen molar-refractivity contribution in [3.8, 4) is 0 Å². The molecule has 1 aromatic heterocycles. The fourth-order valence-electron chi connectivity index (χ4n) is 2.37. The summed E-state index contributed by atoms with van der Waals surface area (Å²) in [5, 5.41) is 2.59. The van der Waals surface area contributed by atoms with Crippen LogP contribution in [-0.4, -0.2) is 11.2 Å². The number of rotatable bonds is 4. The van der Waals surface area contributed by atoms with Gasteiger partial charge in [-0.1, -0.05) is 35.5 Å². The largest absolute Gasteiger partial charge is 0.375 e. The van der Waals surface area contributed by atoms with Crippen LogP contribution in [0.15, 0.2) is 63.2 Å². The van der Waals surface area contributed by atoms with E-state index >= 15 is 0 Å². The molecule has 2 heterocycles. The van der Waals surface area contributed by atoms with Crippen molar-refractivity contribution in [1.29, 1.82) is 0 Å². The van der Waals surface area contributed by atoms with Crippen molar-refractivity contribution in [1.82, 2.24) is 4.98 Å². The van der Waals surface area contributed by atoms with Gasteiger partial charge in [0.25, 0.3) is 0 Å². The Bertz CT molecular complexity index is 767. The Morgan fingerprint density at radius 3 is 2.71 bits per heavy atom. The quantitative estimate of drug-likeness (QED) is 0.714. The van der Waals surface area contributed by atoms with Gasteiger partial charge in [0, 0.05) is 11.6 Å². The van der Waals surface area contributed by atoms with Gasteiger partial charge in [-0.3, -0.25) is 4.99 Å². The van der Waals surface area contributed by atoms with E-state index in [9.17, 15) is 0 Å². The van der Waals surface area contributed by atoms with Crippen LogP contribution in [0.4, 0.5) is 5.13 Å². The maximum absolute atomic E-state index is 5.75. The lowest BCUT2D eigenvalue weighted by Gasteiger charge is -2.05. The zero-order valence-electron chi connectivity index (χ0n) is 14.8. The zero-order chi connectivity index (χ0) is 17.5. The first-order valence-electron chi connectivity index (χ1n) is 8.12. The lowest BCUT2D eigenvalue weighted by molar-refractivity contribution is 1.08. The molecule has 24 heavy (non-hydrogen) atoms. The Hall–Kier alpha value is -2.20. The highest BCUT2D eigenvalue weighted by Gasteiger charge is 2.04. The lowest BCUT2D eigenvalue weighted by atomic mass is 10.1. The van der Waals surface area contributed by atoms with E-state index in [1.807, 2.05) is 11.6 Å². The maximum Gasteiger partial charge on any atom is 0.180 e. The molecular weight excluding hydrogens is 314 g/mol. The summed E-state index contributed by atoms with van der Waals surface area (Å²) in [6.07, 6.45) is 14.7. The van der Waals surface area contributed by atoms with E-state index in [0.717, 1.165) is 35.4 Å². The SMILES string of the molecule is CC(C)=C(\C=C/C=C(C)/C1=C/C(C)=C\CC/C=N\1)c1csc(N)n1. The van der Waals surface area contributed by atoms with Gasteiger partial charge in [-0.2, -0.15) is 0 Å². The highest BCUT2D eigenvalue weighted by Crippen LogP contribution is 2.24. The summed E-state index contributed by atoms with van der Waals surface area (Å²) in [5.41, 5.74) is 12.4. The number of nitrogen functional groups attached to an aromatic ring is 1. The molecule has 0 amide bonds. The molecule has 1 aliphatic rings. The van der Waals surface area contributed by atoms with Crippen molar-refractivity contribution in [3.63, 3.8) is 0 Å². The van der Waals surface area contributed by atoms with Gasteiger partial charge in [0.15, 0.2) is 5.13 Å². The number of hydrogen-bond donors (Lipinski definition) is 1. The van der Waals surface area contributed by atoms with Crippen LogP contribution in [0.3, 0.4) is 0 Å². The van der Waals surface area contributed by atoms with E-state index in [0.29, 0.717) is 5.13 Å². The summed E-state index contributed by atoms with van der Waals surface area (Å²) >= 11 is 1.47. The van der Waals surface area contributed by atoms with E-state index in [-0.39, 0.29) is 0 Å². The topological polar surface area (TPSA) is 51.3 Å². The van der Waals surface area contributed by atoms with Gasteiger partial charge in [0.05, 0.1) is 11.4 Å². The average molecular weight is 340 g/mol. The first-order chi connectivity index (χ1) is 11.5. The fraction of sp³-hybridized carbons (Fsp3) is 0.300. The molecule has 0 aromatic carbocycles. The van der Waals surface area contributed by atoms with Crippen molar-refractivity contribution in [2.45, 2.75) is 40.5 Å². The van der Waals surface area contributed by atoms with Crippen LogP contribution < -0.4 is 5.73 Å². The van der Waals surface area contributed by atoms with Crippen molar-refractivity contribution in [2.24, 2.45) is 4.99 Å². The van der Waals surface area contributed by atoms with Crippen molar-refractivity contribution < 1.29 is 0 Å². The summed E-state index contributed by atoms with van der Waals surface area (Å²) in [4.78, 5) is 8.96. The predicted octanol–water partition coefficient (Wildman–Crippen LogP) is 5.72. The smallest absolute Gasteiger partial charge is 0.180 e. The van der Waals surface area contributed by atoms with Gasteiger partial charge in [-0.05, 0) is 57.8 Å². The molecule has 0 radical (unpaired) electrons. The third-order valence-corrected chi connectivity index (χ3v) is 4.38. The van der Waals surface area contributed by atoms with Crippen molar-refractivity contribution in [3.05, 3.63) is 63.9 Å². The van der Waals surface area contributed by atoms with E-state index < -0.39 is 0 Å². The van der Waals surface area contributed by atoms with E-state index in [4.69, 9.17) is 5.73 Å². The number of aliphatic imine (C=N–C) groups is 1. The van der Waals surface area contributed by atoms with E-state index in [1.54, 1.807) is 0 Å². The van der Waals surface area contributed by atoms with Gasteiger partial charge in [-0.15, -0.1) is 11.3 Å². The van der Waals surface area contributed by atoms with Crippen LogP contribution in [-0.2, 0) is 0 Å². The standard InChI is InChI=1S/C20H25N3S/c1-14(2)17(19-13-24-20(21)23-19)10-7-9-16(4)18-12-15(3)8-5-6-11-22-18/h7-13H,5-6H2,1-4H3,(H2,21,23)/b10-7-,15-8-,16-9+,18-12-,22-11-. The summed E-state index contributed by atoms with van der Waals surface area (Å²) < 4.78 is 0. The fourth-order valence-corrected chi connectivity index (χ4v) is 2.93. The molecule has 0 atom stereocenters. The Balaban J connectivity index is 2.22. The van der Waals surface area contributed by atoms with E-state index in [1.165, 1.54) is 22.5 Å². The number of hydrogen-bond acceptors (Lipinski definition) is 4. The number of nitrogens with zero attached hydrogens (tertiary/aromatic N) is 2. The molecule has 1 aliphatic heterocycles. The summed E-state index contributed by atoms with van der Waals surface area (Å²) in [6.45, 7) is 8.38. The Morgan fingerprint density at radius 1 is 1.25 bits per heavy atom. The second-order valence-electron chi connectivity index (χ2n) is 6.06. The van der Waals surface area contributed by atoms with Gasteiger partial charge < -0.3 is 5.73 Å². The van der Waals surface area contributed by atoms with Gasteiger partial charge >= 0.3 is 0 Å². The summed E-state index contributed by atoms with van der Waals surface area (Å²) in [7, 11) is 0. The normalized spacial score (nSPS) is 21.4.